The van der Waals surface area contributed by atoms with Crippen molar-refractivity contribution in [2.24, 2.45) is 11.3 Å². The second kappa shape index (κ2) is 5.39. The van der Waals surface area contributed by atoms with Gasteiger partial charge in [-0.25, -0.2) is 4.79 Å². The van der Waals surface area contributed by atoms with Crippen molar-refractivity contribution in [3.63, 3.8) is 0 Å². The maximum absolute atomic E-state index is 11.7. The molecule has 0 heterocycles. The minimum atomic E-state index is -0.768. The molecule has 0 radical (unpaired) electrons. The molecule has 2 N–H and O–H groups in total. The van der Waals surface area contributed by atoms with Crippen molar-refractivity contribution in [2.75, 3.05) is 0 Å². The van der Waals surface area contributed by atoms with E-state index in [0.29, 0.717) is 19.3 Å². The number of carboxylic acids is 1. The van der Waals surface area contributed by atoms with Gasteiger partial charge in [-0.05, 0) is 46.0 Å². The van der Waals surface area contributed by atoms with E-state index in [1.54, 1.807) is 20.8 Å². The first-order chi connectivity index (χ1) is 8.57. The number of carboxylic acid groups (broad SMARTS) is 1. The summed E-state index contributed by atoms with van der Waals surface area (Å²) in [5, 5.41) is 12.2. The molecule has 110 valence electrons. The molecule has 2 atom stereocenters. The molecule has 1 aliphatic rings. The van der Waals surface area contributed by atoms with Gasteiger partial charge in [0.05, 0.1) is 5.41 Å². The molecule has 1 rings (SSSR count). The molecule has 0 aliphatic heterocycles. The molecule has 0 spiro atoms. The Labute approximate surface area is 114 Å². The van der Waals surface area contributed by atoms with E-state index in [2.05, 4.69) is 5.32 Å². The van der Waals surface area contributed by atoms with Crippen molar-refractivity contribution in [3.8, 4) is 0 Å². The fourth-order valence-corrected chi connectivity index (χ4v) is 2.64. The first kappa shape index (κ1) is 15.8. The second-order valence-corrected chi connectivity index (χ2v) is 6.70. The lowest BCUT2D eigenvalue weighted by atomic mass is 9.75. The average molecular weight is 271 g/mol. The van der Waals surface area contributed by atoms with Crippen molar-refractivity contribution < 1.29 is 19.4 Å². The Balaban J connectivity index is 2.61. The second-order valence-electron chi connectivity index (χ2n) is 6.70. The number of amides is 1. The number of rotatable bonds is 3. The third-order valence-corrected chi connectivity index (χ3v) is 3.80. The Morgan fingerprint density at radius 2 is 1.95 bits per heavy atom. The van der Waals surface area contributed by atoms with Crippen LogP contribution in [0.3, 0.4) is 0 Å². The number of carbonyl (C=O) groups is 2. The molecule has 0 unspecified atom stereocenters. The highest BCUT2D eigenvalue weighted by Gasteiger charge is 2.48. The minimum Gasteiger partial charge on any atom is -0.481 e. The molecule has 5 heteroatoms. The summed E-state index contributed by atoms with van der Waals surface area (Å²) in [6.07, 6.45) is 1.28. The smallest absolute Gasteiger partial charge is 0.407 e. The Morgan fingerprint density at radius 1 is 1.37 bits per heavy atom. The van der Waals surface area contributed by atoms with Crippen molar-refractivity contribution in [1.82, 2.24) is 5.32 Å². The van der Waals surface area contributed by atoms with Crippen LogP contribution in [-0.4, -0.2) is 28.8 Å². The van der Waals surface area contributed by atoms with Gasteiger partial charge >= 0.3 is 12.1 Å². The Hall–Kier alpha value is -1.26. The van der Waals surface area contributed by atoms with Crippen molar-refractivity contribution in [3.05, 3.63) is 0 Å². The van der Waals surface area contributed by atoms with E-state index >= 15 is 0 Å². The number of nitrogens with one attached hydrogen (secondary N) is 1. The summed E-state index contributed by atoms with van der Waals surface area (Å²) in [6.45, 7) is 9.25. The maximum atomic E-state index is 11.7. The van der Waals surface area contributed by atoms with Gasteiger partial charge in [-0.2, -0.15) is 0 Å². The van der Waals surface area contributed by atoms with Gasteiger partial charge in [-0.3, -0.25) is 4.79 Å². The van der Waals surface area contributed by atoms with Gasteiger partial charge < -0.3 is 15.2 Å². The summed E-state index contributed by atoms with van der Waals surface area (Å²) < 4.78 is 5.19. The van der Waals surface area contributed by atoms with Gasteiger partial charge in [-0.15, -0.1) is 0 Å². The first-order valence-corrected chi connectivity index (χ1v) is 6.80. The molecule has 0 aromatic rings. The predicted molar refractivity (Wildman–Crippen MR) is 71.9 cm³/mol. The predicted octanol–water partition coefficient (Wildman–Crippen LogP) is 2.79. The molecular weight excluding hydrogens is 246 g/mol. The summed E-state index contributed by atoms with van der Waals surface area (Å²) >= 11 is 0. The number of carbonyl (C=O) groups excluding carboxylic acids is 1. The summed E-state index contributed by atoms with van der Waals surface area (Å²) in [5.41, 5.74) is -1.26. The number of hydrogen-bond acceptors (Lipinski definition) is 3. The number of aliphatic carboxylic acids is 1. The zero-order valence-electron chi connectivity index (χ0n) is 12.4. The van der Waals surface area contributed by atoms with E-state index in [-0.39, 0.29) is 12.0 Å². The summed E-state index contributed by atoms with van der Waals surface area (Å²) in [6, 6.07) is -0.117. The molecule has 1 aliphatic carbocycles. The summed E-state index contributed by atoms with van der Waals surface area (Å²) in [4.78, 5) is 23.2. The largest absolute Gasteiger partial charge is 0.481 e. The van der Waals surface area contributed by atoms with Crippen LogP contribution in [0.25, 0.3) is 0 Å². The van der Waals surface area contributed by atoms with Crippen molar-refractivity contribution in [2.45, 2.75) is 65.5 Å². The summed E-state index contributed by atoms with van der Waals surface area (Å²) in [7, 11) is 0. The highest BCUT2D eigenvalue weighted by molar-refractivity contribution is 5.76. The highest BCUT2D eigenvalue weighted by atomic mass is 16.6. The quantitative estimate of drug-likeness (QED) is 0.827. The van der Waals surface area contributed by atoms with E-state index < -0.39 is 23.1 Å². The molecule has 0 bridgehead atoms. The summed E-state index contributed by atoms with van der Waals surface area (Å²) in [5.74, 6) is -0.716. The molecular formula is C14H25NO4. The van der Waals surface area contributed by atoms with E-state index in [0.717, 1.165) is 0 Å². The van der Waals surface area contributed by atoms with E-state index in [4.69, 9.17) is 4.74 Å². The van der Waals surface area contributed by atoms with Crippen LogP contribution < -0.4 is 5.32 Å². The van der Waals surface area contributed by atoms with Crippen LogP contribution in [0, 0.1) is 11.3 Å². The van der Waals surface area contributed by atoms with Crippen LogP contribution in [0.1, 0.15) is 53.9 Å². The van der Waals surface area contributed by atoms with Crippen LogP contribution in [0.15, 0.2) is 0 Å². The van der Waals surface area contributed by atoms with Gasteiger partial charge in [-0.1, -0.05) is 13.8 Å². The number of ether oxygens (including phenoxy) is 1. The lowest BCUT2D eigenvalue weighted by molar-refractivity contribution is -0.151. The minimum absolute atomic E-state index is 0.0513. The normalized spacial score (nSPS) is 27.4. The first-order valence-electron chi connectivity index (χ1n) is 6.80. The third-order valence-electron chi connectivity index (χ3n) is 3.80. The number of hydrogen-bond donors (Lipinski definition) is 2. The average Bonchev–Trinajstić information content (AvgIpc) is 2.59. The molecule has 0 aromatic carbocycles. The SMILES string of the molecule is CC(C)[C@]1(C(=O)O)CC[C@H](NC(=O)OC(C)(C)C)C1. The van der Waals surface area contributed by atoms with Gasteiger partial charge in [0.2, 0.25) is 0 Å². The highest BCUT2D eigenvalue weighted by Crippen LogP contribution is 2.44. The molecule has 1 amide bonds. The van der Waals surface area contributed by atoms with Crippen LogP contribution in [0.4, 0.5) is 4.79 Å². The lowest BCUT2D eigenvalue weighted by Gasteiger charge is -2.29. The van der Waals surface area contributed by atoms with Crippen LogP contribution in [0.5, 0.6) is 0 Å². The Morgan fingerprint density at radius 3 is 2.32 bits per heavy atom. The van der Waals surface area contributed by atoms with E-state index in [1.165, 1.54) is 0 Å². The molecule has 1 saturated carbocycles. The van der Waals surface area contributed by atoms with Crippen molar-refractivity contribution in [1.29, 1.82) is 0 Å². The van der Waals surface area contributed by atoms with Gasteiger partial charge in [0, 0.05) is 6.04 Å². The van der Waals surface area contributed by atoms with Crippen LogP contribution in [0.2, 0.25) is 0 Å². The molecule has 1 fully saturated rings. The fraction of sp³-hybridized carbons (Fsp3) is 0.857. The van der Waals surface area contributed by atoms with Crippen molar-refractivity contribution >= 4 is 12.1 Å². The van der Waals surface area contributed by atoms with E-state index in [9.17, 15) is 14.7 Å². The zero-order chi connectivity index (χ0) is 14.8. The standard InChI is InChI=1S/C14H25NO4/c1-9(2)14(11(16)17)7-6-10(8-14)15-12(18)19-13(3,4)5/h9-10H,6-8H2,1-5H3,(H,15,18)(H,16,17)/t10-,14-/m0/s1. The van der Waals surface area contributed by atoms with Gasteiger partial charge in [0.15, 0.2) is 0 Å². The maximum Gasteiger partial charge on any atom is 0.407 e. The number of alkyl carbamates (subject to hydrolysis) is 1. The molecule has 0 saturated heterocycles. The third kappa shape index (κ3) is 3.85. The zero-order valence-corrected chi connectivity index (χ0v) is 12.4. The van der Waals surface area contributed by atoms with Gasteiger partial charge in [0.25, 0.3) is 0 Å². The molecule has 19 heavy (non-hydrogen) atoms. The molecule has 5 nitrogen and oxygen atoms in total. The van der Waals surface area contributed by atoms with Gasteiger partial charge in [0.1, 0.15) is 5.60 Å². The van der Waals surface area contributed by atoms with E-state index in [1.807, 2.05) is 13.8 Å². The Kier molecular flexibility index (Phi) is 4.48. The monoisotopic (exact) mass is 271 g/mol. The van der Waals surface area contributed by atoms with Crippen LogP contribution >= 0.6 is 0 Å². The fourth-order valence-electron chi connectivity index (χ4n) is 2.64. The topological polar surface area (TPSA) is 75.6 Å². The molecule has 0 aromatic heterocycles. The lowest BCUT2D eigenvalue weighted by Crippen LogP contribution is -2.40. The Bertz CT molecular complexity index is 359. The van der Waals surface area contributed by atoms with Crippen LogP contribution in [-0.2, 0) is 9.53 Å².